The van der Waals surface area contributed by atoms with Gasteiger partial charge in [-0.05, 0) is 13.8 Å². The molecule has 0 fully saturated rings. The lowest BCUT2D eigenvalue weighted by atomic mass is 10.2. The second-order valence-corrected chi connectivity index (χ2v) is 2.94. The van der Waals surface area contributed by atoms with E-state index in [9.17, 15) is 4.79 Å². The van der Waals surface area contributed by atoms with E-state index in [0.717, 1.165) is 12.2 Å². The molecular weight excluding hydrogens is 182 g/mol. The quantitative estimate of drug-likeness (QED) is 0.710. The van der Waals surface area contributed by atoms with E-state index in [4.69, 9.17) is 5.11 Å². The Morgan fingerprint density at radius 1 is 1.71 bits per heavy atom. The van der Waals surface area contributed by atoms with Gasteiger partial charge in [-0.25, -0.2) is 0 Å². The maximum Gasteiger partial charge on any atom is 0.254 e. The van der Waals surface area contributed by atoms with Crippen molar-refractivity contribution in [1.29, 1.82) is 0 Å². The summed E-state index contributed by atoms with van der Waals surface area (Å²) in [7, 11) is 0. The van der Waals surface area contributed by atoms with Crippen molar-refractivity contribution in [3.63, 3.8) is 0 Å². The van der Waals surface area contributed by atoms with Crippen LogP contribution in [0.2, 0.25) is 0 Å². The molecule has 1 heterocycles. The molecule has 1 aromatic rings. The lowest BCUT2D eigenvalue weighted by Gasteiger charge is -2.03. The van der Waals surface area contributed by atoms with Crippen LogP contribution in [0.25, 0.3) is 0 Å². The van der Waals surface area contributed by atoms with Crippen molar-refractivity contribution in [2.24, 2.45) is 0 Å². The smallest absolute Gasteiger partial charge is 0.254 e. The number of carbonyl (C=O) groups is 1. The van der Waals surface area contributed by atoms with E-state index < -0.39 is 0 Å². The second-order valence-electron chi connectivity index (χ2n) is 2.94. The number of aliphatic hydroxyl groups excluding tert-OH is 1. The van der Waals surface area contributed by atoms with E-state index in [1.165, 1.54) is 0 Å². The first-order valence-electron chi connectivity index (χ1n) is 4.62. The molecule has 0 spiro atoms. The van der Waals surface area contributed by atoms with Gasteiger partial charge in [0.25, 0.3) is 5.91 Å². The molecule has 2 N–H and O–H groups in total. The summed E-state index contributed by atoms with van der Waals surface area (Å²) in [5.41, 5.74) is 1.42. The molecule has 0 aromatic carbocycles. The van der Waals surface area contributed by atoms with Crippen LogP contribution in [0.4, 0.5) is 0 Å². The van der Waals surface area contributed by atoms with Gasteiger partial charge in [-0.15, -0.1) is 0 Å². The SMILES string of the molecule is CCn1ncc(C(=O)NCCO)c1C. The number of amides is 1. The van der Waals surface area contributed by atoms with Gasteiger partial charge in [0.05, 0.1) is 18.4 Å². The van der Waals surface area contributed by atoms with Crippen molar-refractivity contribution in [3.05, 3.63) is 17.5 Å². The lowest BCUT2D eigenvalue weighted by molar-refractivity contribution is 0.0944. The van der Waals surface area contributed by atoms with Crippen molar-refractivity contribution in [2.75, 3.05) is 13.2 Å². The Hall–Kier alpha value is -1.36. The first-order chi connectivity index (χ1) is 6.70. The molecule has 0 aliphatic heterocycles. The largest absolute Gasteiger partial charge is 0.395 e. The Balaban J connectivity index is 2.75. The Bertz CT molecular complexity index is 320. The van der Waals surface area contributed by atoms with E-state index in [1.807, 2.05) is 13.8 Å². The minimum absolute atomic E-state index is 0.0489. The van der Waals surface area contributed by atoms with E-state index in [2.05, 4.69) is 10.4 Å². The topological polar surface area (TPSA) is 67.2 Å². The molecule has 5 nitrogen and oxygen atoms in total. The number of aryl methyl sites for hydroxylation is 1. The van der Waals surface area contributed by atoms with Crippen molar-refractivity contribution in [1.82, 2.24) is 15.1 Å². The van der Waals surface area contributed by atoms with Crippen LogP contribution in [0.5, 0.6) is 0 Å². The third-order valence-electron chi connectivity index (χ3n) is 2.04. The molecule has 0 bridgehead atoms. The molecule has 0 radical (unpaired) electrons. The predicted octanol–water partition coefficient (Wildman–Crippen LogP) is -0.0665. The molecule has 1 amide bonds. The fraction of sp³-hybridized carbons (Fsp3) is 0.556. The second kappa shape index (κ2) is 4.76. The summed E-state index contributed by atoms with van der Waals surface area (Å²) in [6.07, 6.45) is 1.55. The number of carbonyl (C=O) groups excluding carboxylic acids is 1. The van der Waals surface area contributed by atoms with E-state index >= 15 is 0 Å². The highest BCUT2D eigenvalue weighted by Gasteiger charge is 2.12. The molecule has 0 unspecified atom stereocenters. The minimum Gasteiger partial charge on any atom is -0.395 e. The summed E-state index contributed by atoms with van der Waals surface area (Å²) < 4.78 is 1.76. The Labute approximate surface area is 82.7 Å². The zero-order valence-corrected chi connectivity index (χ0v) is 8.45. The Kier molecular flexibility index (Phi) is 3.64. The fourth-order valence-corrected chi connectivity index (χ4v) is 1.25. The highest BCUT2D eigenvalue weighted by atomic mass is 16.3. The summed E-state index contributed by atoms with van der Waals surface area (Å²) in [4.78, 5) is 11.5. The summed E-state index contributed by atoms with van der Waals surface area (Å²) in [5, 5.41) is 15.2. The zero-order chi connectivity index (χ0) is 10.6. The van der Waals surface area contributed by atoms with Crippen LogP contribution in [0, 0.1) is 6.92 Å². The number of nitrogens with one attached hydrogen (secondary N) is 1. The summed E-state index contributed by atoms with van der Waals surface area (Å²) in [6, 6.07) is 0. The standard InChI is InChI=1S/C9H15N3O2/c1-3-12-7(2)8(6-11-12)9(14)10-4-5-13/h6,13H,3-5H2,1-2H3,(H,10,14). The first-order valence-corrected chi connectivity index (χ1v) is 4.62. The first kappa shape index (κ1) is 10.7. The van der Waals surface area contributed by atoms with Gasteiger partial charge < -0.3 is 10.4 Å². The lowest BCUT2D eigenvalue weighted by Crippen LogP contribution is -2.26. The minimum atomic E-state index is -0.184. The molecule has 1 rings (SSSR count). The highest BCUT2D eigenvalue weighted by Crippen LogP contribution is 2.06. The van der Waals surface area contributed by atoms with Crippen molar-refractivity contribution < 1.29 is 9.90 Å². The van der Waals surface area contributed by atoms with E-state index in [0.29, 0.717) is 5.56 Å². The average molecular weight is 197 g/mol. The van der Waals surface area contributed by atoms with Crippen molar-refractivity contribution in [3.8, 4) is 0 Å². The molecule has 0 aliphatic rings. The number of hydrogen-bond donors (Lipinski definition) is 2. The maximum absolute atomic E-state index is 11.5. The third kappa shape index (κ3) is 2.11. The number of aliphatic hydroxyl groups is 1. The van der Waals surface area contributed by atoms with Crippen LogP contribution in [0.1, 0.15) is 23.0 Å². The molecule has 0 saturated carbocycles. The zero-order valence-electron chi connectivity index (χ0n) is 8.45. The molecule has 78 valence electrons. The van der Waals surface area contributed by atoms with Crippen molar-refractivity contribution in [2.45, 2.75) is 20.4 Å². The third-order valence-corrected chi connectivity index (χ3v) is 2.04. The number of rotatable bonds is 4. The predicted molar refractivity (Wildman–Crippen MR) is 52.1 cm³/mol. The van der Waals surface area contributed by atoms with Gasteiger partial charge >= 0.3 is 0 Å². The van der Waals surface area contributed by atoms with Gasteiger partial charge in [-0.2, -0.15) is 5.10 Å². The van der Waals surface area contributed by atoms with Crippen LogP contribution >= 0.6 is 0 Å². The normalized spacial score (nSPS) is 10.2. The molecule has 1 aromatic heterocycles. The van der Waals surface area contributed by atoms with E-state index in [1.54, 1.807) is 10.9 Å². The molecule has 0 aliphatic carbocycles. The van der Waals surface area contributed by atoms with Crippen LogP contribution in [0.15, 0.2) is 6.20 Å². The average Bonchev–Trinajstić information content (AvgIpc) is 2.56. The molecular formula is C9H15N3O2. The summed E-state index contributed by atoms with van der Waals surface area (Å²) >= 11 is 0. The molecule has 5 heteroatoms. The maximum atomic E-state index is 11.5. The number of aromatic nitrogens is 2. The Morgan fingerprint density at radius 2 is 2.43 bits per heavy atom. The molecule has 0 saturated heterocycles. The summed E-state index contributed by atoms with van der Waals surface area (Å²) in [6.45, 7) is 4.79. The fourth-order valence-electron chi connectivity index (χ4n) is 1.25. The van der Waals surface area contributed by atoms with Crippen LogP contribution in [0.3, 0.4) is 0 Å². The van der Waals surface area contributed by atoms with Gasteiger partial charge in [0.1, 0.15) is 0 Å². The Morgan fingerprint density at radius 3 is 2.93 bits per heavy atom. The monoisotopic (exact) mass is 197 g/mol. The molecule has 0 atom stereocenters. The molecule has 14 heavy (non-hydrogen) atoms. The van der Waals surface area contributed by atoms with Crippen molar-refractivity contribution >= 4 is 5.91 Å². The van der Waals surface area contributed by atoms with Crippen LogP contribution < -0.4 is 5.32 Å². The number of hydrogen-bond acceptors (Lipinski definition) is 3. The van der Waals surface area contributed by atoms with Crippen LogP contribution in [-0.2, 0) is 6.54 Å². The van der Waals surface area contributed by atoms with Gasteiger partial charge in [0, 0.05) is 18.8 Å². The van der Waals surface area contributed by atoms with Gasteiger partial charge in [0.15, 0.2) is 0 Å². The summed E-state index contributed by atoms with van der Waals surface area (Å²) in [5.74, 6) is -0.184. The van der Waals surface area contributed by atoms with Gasteiger partial charge in [0.2, 0.25) is 0 Å². The van der Waals surface area contributed by atoms with E-state index in [-0.39, 0.29) is 19.1 Å². The number of nitrogens with zero attached hydrogens (tertiary/aromatic N) is 2. The van der Waals surface area contributed by atoms with Crippen LogP contribution in [-0.4, -0.2) is 33.9 Å². The van der Waals surface area contributed by atoms with Gasteiger partial charge in [-0.3, -0.25) is 9.48 Å². The van der Waals surface area contributed by atoms with Gasteiger partial charge in [-0.1, -0.05) is 0 Å². The highest BCUT2D eigenvalue weighted by molar-refractivity contribution is 5.94.